The van der Waals surface area contributed by atoms with Crippen LogP contribution in [0.2, 0.25) is 0 Å². The molecule has 0 amide bonds. The highest BCUT2D eigenvalue weighted by molar-refractivity contribution is 7.89. The van der Waals surface area contributed by atoms with Crippen LogP contribution in [0.4, 0.5) is 5.69 Å². The summed E-state index contributed by atoms with van der Waals surface area (Å²) in [6.07, 6.45) is -0.585. The van der Waals surface area contributed by atoms with E-state index in [1.807, 2.05) is 19.1 Å². The number of hydrogen-bond donors (Lipinski definition) is 4. The fraction of sp³-hybridized carbons (Fsp3) is 0.381. The Bertz CT molecular complexity index is 953. The van der Waals surface area contributed by atoms with Gasteiger partial charge >= 0.3 is 0 Å². The summed E-state index contributed by atoms with van der Waals surface area (Å²) in [4.78, 5) is 2.40. The van der Waals surface area contributed by atoms with Crippen molar-refractivity contribution in [1.82, 2.24) is 9.21 Å². The van der Waals surface area contributed by atoms with Gasteiger partial charge in [-0.05, 0) is 43.3 Å². The van der Waals surface area contributed by atoms with Crippen LogP contribution in [-0.4, -0.2) is 73.9 Å². The smallest absolute Gasteiger partial charge is 0.243 e. The van der Waals surface area contributed by atoms with E-state index < -0.39 is 16.1 Å². The van der Waals surface area contributed by atoms with Crippen LogP contribution in [0.3, 0.4) is 0 Å². The normalized spacial score (nSPS) is 16.9. The van der Waals surface area contributed by atoms with E-state index in [1.165, 1.54) is 4.31 Å². The van der Waals surface area contributed by atoms with Gasteiger partial charge in [0, 0.05) is 50.5 Å². The first kappa shape index (κ1) is 22.2. The van der Waals surface area contributed by atoms with Gasteiger partial charge in [0.25, 0.3) is 0 Å². The quantitative estimate of drug-likeness (QED) is 0.366. The van der Waals surface area contributed by atoms with E-state index in [1.54, 1.807) is 36.4 Å². The third kappa shape index (κ3) is 5.57. The van der Waals surface area contributed by atoms with Crippen molar-refractivity contribution < 1.29 is 13.5 Å². The lowest BCUT2D eigenvalue weighted by molar-refractivity contribution is 0.0994. The van der Waals surface area contributed by atoms with Gasteiger partial charge in [0.1, 0.15) is 5.84 Å². The molecule has 9 heteroatoms. The van der Waals surface area contributed by atoms with Crippen molar-refractivity contribution in [2.75, 3.05) is 44.6 Å². The lowest BCUT2D eigenvalue weighted by atomic mass is 10.2. The summed E-state index contributed by atoms with van der Waals surface area (Å²) in [6.45, 7) is 4.74. The van der Waals surface area contributed by atoms with Gasteiger partial charge in [-0.2, -0.15) is 4.31 Å². The summed E-state index contributed by atoms with van der Waals surface area (Å²) < 4.78 is 27.1. The molecule has 3 rings (SSSR count). The van der Waals surface area contributed by atoms with E-state index >= 15 is 0 Å². The molecule has 0 saturated carbocycles. The predicted molar refractivity (Wildman–Crippen MR) is 118 cm³/mol. The molecule has 0 radical (unpaired) electrons. The van der Waals surface area contributed by atoms with Crippen molar-refractivity contribution in [2.24, 2.45) is 5.73 Å². The van der Waals surface area contributed by atoms with Gasteiger partial charge < -0.3 is 16.2 Å². The summed E-state index contributed by atoms with van der Waals surface area (Å²) >= 11 is 0. The first-order valence-electron chi connectivity index (χ1n) is 9.91. The van der Waals surface area contributed by atoms with E-state index in [9.17, 15) is 13.5 Å². The number of sulfonamides is 1. The zero-order valence-electron chi connectivity index (χ0n) is 17.1. The second-order valence-corrected chi connectivity index (χ2v) is 9.48. The second-order valence-electron chi connectivity index (χ2n) is 7.54. The van der Waals surface area contributed by atoms with E-state index in [2.05, 4.69) is 10.2 Å². The van der Waals surface area contributed by atoms with Gasteiger partial charge in [-0.3, -0.25) is 10.3 Å². The number of nitrogens with zero attached hydrogens (tertiary/aromatic N) is 2. The first-order valence-corrected chi connectivity index (χ1v) is 11.4. The van der Waals surface area contributed by atoms with Gasteiger partial charge in [-0.15, -0.1) is 0 Å². The highest BCUT2D eigenvalue weighted by Crippen LogP contribution is 2.18. The fourth-order valence-corrected chi connectivity index (χ4v) is 4.80. The predicted octanol–water partition coefficient (Wildman–Crippen LogP) is 1.06. The minimum Gasteiger partial charge on any atom is -0.390 e. The average molecular weight is 432 g/mol. The highest BCUT2D eigenvalue weighted by Gasteiger charge is 2.28. The number of nitrogen functional groups attached to an aromatic ring is 1. The second kappa shape index (κ2) is 9.57. The van der Waals surface area contributed by atoms with Gasteiger partial charge in [0.2, 0.25) is 10.0 Å². The Morgan fingerprint density at radius 2 is 1.70 bits per heavy atom. The Morgan fingerprint density at radius 1 is 1.10 bits per heavy atom. The maximum Gasteiger partial charge on any atom is 0.243 e. The van der Waals surface area contributed by atoms with Crippen LogP contribution in [-0.2, 0) is 10.0 Å². The van der Waals surface area contributed by atoms with Gasteiger partial charge in [-0.25, -0.2) is 8.42 Å². The van der Waals surface area contributed by atoms with E-state index in [0.29, 0.717) is 49.7 Å². The molecule has 0 aliphatic carbocycles. The molecule has 1 saturated heterocycles. The van der Waals surface area contributed by atoms with E-state index in [-0.39, 0.29) is 5.84 Å². The van der Waals surface area contributed by atoms with Crippen LogP contribution in [0.15, 0.2) is 53.4 Å². The molecule has 2 aromatic carbocycles. The number of nitrogens with one attached hydrogen (secondary N) is 2. The molecule has 5 N–H and O–H groups in total. The topological polar surface area (TPSA) is 123 Å². The van der Waals surface area contributed by atoms with Crippen LogP contribution in [0.1, 0.15) is 11.1 Å². The van der Waals surface area contributed by atoms with Gasteiger partial charge in [0.15, 0.2) is 0 Å². The maximum atomic E-state index is 12.8. The number of nitrogens with two attached hydrogens (primary N) is 1. The molecular formula is C21H29N5O3S. The van der Waals surface area contributed by atoms with Crippen molar-refractivity contribution in [3.8, 4) is 0 Å². The Balaban J connectivity index is 1.45. The summed E-state index contributed by atoms with van der Waals surface area (Å²) in [7, 11) is -3.48. The van der Waals surface area contributed by atoms with Crippen molar-refractivity contribution in [3.05, 3.63) is 59.7 Å². The van der Waals surface area contributed by atoms with Crippen LogP contribution in [0.5, 0.6) is 0 Å². The number of amidine groups is 1. The number of aliphatic hydroxyl groups excluding tert-OH is 1. The SMILES string of the molecule is Cc1ccc(S(=O)(=O)N2CCN(CC(O)CNc3ccc(C(=N)N)cc3)CC2)cc1. The number of aryl methyl sites for hydroxylation is 1. The molecule has 1 aliphatic rings. The fourth-order valence-electron chi connectivity index (χ4n) is 3.38. The molecule has 1 atom stereocenters. The van der Waals surface area contributed by atoms with Crippen molar-refractivity contribution >= 4 is 21.5 Å². The molecule has 162 valence electrons. The van der Waals surface area contributed by atoms with E-state index in [0.717, 1.165) is 11.3 Å². The lowest BCUT2D eigenvalue weighted by Gasteiger charge is -2.35. The molecular weight excluding hydrogens is 402 g/mol. The molecule has 1 aliphatic heterocycles. The number of hydrogen-bond acceptors (Lipinski definition) is 6. The minimum atomic E-state index is -3.48. The van der Waals surface area contributed by atoms with Crippen LogP contribution >= 0.6 is 0 Å². The standard InChI is InChI=1S/C21H29N5O3S/c1-16-2-8-20(9-3-16)30(28,29)26-12-10-25(11-13-26)15-19(27)14-24-18-6-4-17(5-7-18)21(22)23/h2-9,19,24,27H,10-15H2,1H3,(H3,22,23). The molecule has 1 unspecified atom stereocenters. The van der Waals surface area contributed by atoms with Crippen molar-refractivity contribution in [2.45, 2.75) is 17.9 Å². The largest absolute Gasteiger partial charge is 0.390 e. The molecule has 8 nitrogen and oxygen atoms in total. The Kier molecular flexibility index (Phi) is 7.09. The highest BCUT2D eigenvalue weighted by atomic mass is 32.2. The monoisotopic (exact) mass is 431 g/mol. The molecule has 30 heavy (non-hydrogen) atoms. The van der Waals surface area contributed by atoms with Crippen LogP contribution in [0.25, 0.3) is 0 Å². The summed E-state index contributed by atoms with van der Waals surface area (Å²) in [5, 5.41) is 20.9. The number of anilines is 1. The van der Waals surface area contributed by atoms with Crippen LogP contribution in [0, 0.1) is 12.3 Å². The Hall–Kier alpha value is -2.46. The number of β-amino-alcohol motifs (C(OH)–C–C–N with tert-alkyl or cyclic N) is 1. The molecule has 1 heterocycles. The Labute approximate surface area is 177 Å². The molecule has 0 aromatic heterocycles. The summed E-state index contributed by atoms with van der Waals surface area (Å²) in [5.41, 5.74) is 7.96. The summed E-state index contributed by atoms with van der Waals surface area (Å²) in [6, 6.07) is 14.1. The molecule has 0 spiro atoms. The lowest BCUT2D eigenvalue weighted by Crippen LogP contribution is -2.50. The van der Waals surface area contributed by atoms with E-state index in [4.69, 9.17) is 11.1 Å². The zero-order chi connectivity index (χ0) is 21.7. The Morgan fingerprint density at radius 3 is 2.27 bits per heavy atom. The van der Waals surface area contributed by atoms with Crippen molar-refractivity contribution in [1.29, 1.82) is 5.41 Å². The average Bonchev–Trinajstić information content (AvgIpc) is 2.73. The summed E-state index contributed by atoms with van der Waals surface area (Å²) in [5.74, 6) is 0.0186. The van der Waals surface area contributed by atoms with Crippen molar-refractivity contribution in [3.63, 3.8) is 0 Å². The first-order chi connectivity index (χ1) is 14.3. The number of rotatable bonds is 8. The third-order valence-corrected chi connectivity index (χ3v) is 7.11. The maximum absolute atomic E-state index is 12.8. The number of benzene rings is 2. The van der Waals surface area contributed by atoms with Gasteiger partial charge in [-0.1, -0.05) is 17.7 Å². The number of aliphatic hydroxyl groups is 1. The van der Waals surface area contributed by atoms with Crippen LogP contribution < -0.4 is 11.1 Å². The van der Waals surface area contributed by atoms with Gasteiger partial charge in [0.05, 0.1) is 11.0 Å². The molecule has 1 fully saturated rings. The third-order valence-electron chi connectivity index (χ3n) is 5.20. The molecule has 0 bridgehead atoms. The minimum absolute atomic E-state index is 0.0186. The zero-order valence-corrected chi connectivity index (χ0v) is 17.9. The number of piperazine rings is 1. The molecule has 2 aromatic rings.